The summed E-state index contributed by atoms with van der Waals surface area (Å²) in [6.45, 7) is 0.521. The van der Waals surface area contributed by atoms with Crippen LogP contribution in [0.5, 0.6) is 0 Å². The monoisotopic (exact) mass is 364 g/mol. The van der Waals surface area contributed by atoms with Gasteiger partial charge in [0.1, 0.15) is 0 Å². The van der Waals surface area contributed by atoms with Crippen LogP contribution in [0, 0.1) is 0 Å². The quantitative estimate of drug-likeness (QED) is 0.809. The molecule has 21 heavy (non-hydrogen) atoms. The van der Waals surface area contributed by atoms with Gasteiger partial charge in [-0.1, -0.05) is 33.6 Å². The lowest BCUT2D eigenvalue weighted by atomic mass is 10.2. The molecule has 0 spiro atoms. The molecule has 0 aliphatic heterocycles. The Bertz CT molecular complexity index is 659. The first-order chi connectivity index (χ1) is 10.1. The minimum atomic E-state index is -0.0329. The minimum Gasteiger partial charge on any atom is -0.330 e. The number of aromatic nitrogens is 1. The molecule has 1 aromatic carbocycles. The SMILES string of the molecule is O=C(c1cc(Br)ccc1Cl)N(Cc1ccccn1)C1CC1. The third-order valence-corrected chi connectivity index (χ3v) is 4.29. The highest BCUT2D eigenvalue weighted by atomic mass is 79.9. The number of pyridine rings is 1. The lowest BCUT2D eigenvalue weighted by Crippen LogP contribution is -2.33. The Labute approximate surface area is 137 Å². The summed E-state index contributed by atoms with van der Waals surface area (Å²) in [5, 5.41) is 0.481. The molecule has 5 heteroatoms. The standard InChI is InChI=1S/C16H14BrClN2O/c17-11-4-7-15(18)14(9-11)16(21)20(13-5-6-13)10-12-3-1-2-8-19-12/h1-4,7-9,13H,5-6,10H2. The summed E-state index contributed by atoms with van der Waals surface area (Å²) in [4.78, 5) is 19.0. The van der Waals surface area contributed by atoms with Crippen LogP contribution in [0.4, 0.5) is 0 Å². The first kappa shape index (κ1) is 14.5. The molecule has 3 nitrogen and oxygen atoms in total. The number of halogens is 2. The maximum atomic E-state index is 12.8. The van der Waals surface area contributed by atoms with Gasteiger partial charge >= 0.3 is 0 Å². The molecule has 0 N–H and O–H groups in total. The Kier molecular flexibility index (Phi) is 4.27. The molecule has 108 valence electrons. The van der Waals surface area contributed by atoms with Gasteiger partial charge in [-0.3, -0.25) is 9.78 Å². The topological polar surface area (TPSA) is 33.2 Å². The molecule has 1 fully saturated rings. The number of carbonyl (C=O) groups is 1. The normalized spacial score (nSPS) is 14.0. The van der Waals surface area contributed by atoms with Crippen molar-refractivity contribution in [2.75, 3.05) is 0 Å². The fourth-order valence-corrected chi connectivity index (χ4v) is 2.79. The summed E-state index contributed by atoms with van der Waals surface area (Å²) < 4.78 is 0.851. The van der Waals surface area contributed by atoms with Gasteiger partial charge in [-0.05, 0) is 43.2 Å². The zero-order valence-corrected chi connectivity index (χ0v) is 13.6. The Morgan fingerprint density at radius 1 is 1.33 bits per heavy atom. The molecular weight excluding hydrogens is 352 g/mol. The van der Waals surface area contributed by atoms with E-state index in [0.29, 0.717) is 23.2 Å². The first-order valence-corrected chi connectivity index (χ1v) is 7.98. The molecule has 0 radical (unpaired) electrons. The number of amides is 1. The van der Waals surface area contributed by atoms with E-state index in [-0.39, 0.29) is 5.91 Å². The van der Waals surface area contributed by atoms with Gasteiger partial charge in [-0.2, -0.15) is 0 Å². The van der Waals surface area contributed by atoms with Crippen LogP contribution in [0.15, 0.2) is 47.1 Å². The summed E-state index contributed by atoms with van der Waals surface area (Å²) in [5.74, 6) is -0.0329. The molecule has 1 aromatic heterocycles. The van der Waals surface area contributed by atoms with Gasteiger partial charge in [0, 0.05) is 16.7 Å². The minimum absolute atomic E-state index is 0.0329. The fourth-order valence-electron chi connectivity index (χ4n) is 2.24. The summed E-state index contributed by atoms with van der Waals surface area (Å²) in [5.41, 5.74) is 1.43. The molecule has 2 aromatic rings. The van der Waals surface area contributed by atoms with Crippen molar-refractivity contribution in [3.05, 3.63) is 63.3 Å². The average Bonchev–Trinajstić information content (AvgIpc) is 3.32. The molecule has 0 saturated heterocycles. The Morgan fingerprint density at radius 2 is 2.14 bits per heavy atom. The van der Waals surface area contributed by atoms with E-state index in [1.165, 1.54) is 0 Å². The third kappa shape index (κ3) is 3.44. The van der Waals surface area contributed by atoms with E-state index in [0.717, 1.165) is 23.0 Å². The maximum absolute atomic E-state index is 12.8. The highest BCUT2D eigenvalue weighted by Crippen LogP contribution is 2.31. The molecule has 1 amide bonds. The van der Waals surface area contributed by atoms with Crippen molar-refractivity contribution in [1.29, 1.82) is 0 Å². The van der Waals surface area contributed by atoms with Crippen LogP contribution in [-0.4, -0.2) is 21.8 Å². The number of hydrogen-bond donors (Lipinski definition) is 0. The number of rotatable bonds is 4. The van der Waals surface area contributed by atoms with Crippen LogP contribution in [0.2, 0.25) is 5.02 Å². The molecule has 0 unspecified atom stereocenters. The smallest absolute Gasteiger partial charge is 0.256 e. The van der Waals surface area contributed by atoms with E-state index in [1.807, 2.05) is 29.2 Å². The van der Waals surface area contributed by atoms with Gasteiger partial charge < -0.3 is 4.90 Å². The van der Waals surface area contributed by atoms with E-state index in [1.54, 1.807) is 18.3 Å². The molecular formula is C16H14BrClN2O. The van der Waals surface area contributed by atoms with Crippen LogP contribution >= 0.6 is 27.5 Å². The first-order valence-electron chi connectivity index (χ1n) is 6.81. The Balaban J connectivity index is 1.87. The molecule has 1 heterocycles. The van der Waals surface area contributed by atoms with Crippen molar-refractivity contribution in [2.24, 2.45) is 0 Å². The van der Waals surface area contributed by atoms with Crippen molar-refractivity contribution in [3.8, 4) is 0 Å². The van der Waals surface area contributed by atoms with Gasteiger partial charge in [0.2, 0.25) is 0 Å². The van der Waals surface area contributed by atoms with Gasteiger partial charge in [0.25, 0.3) is 5.91 Å². The Hall–Kier alpha value is -1.39. The predicted molar refractivity (Wildman–Crippen MR) is 86.3 cm³/mol. The van der Waals surface area contributed by atoms with Crippen molar-refractivity contribution in [1.82, 2.24) is 9.88 Å². The number of hydrogen-bond acceptors (Lipinski definition) is 2. The highest BCUT2D eigenvalue weighted by molar-refractivity contribution is 9.10. The van der Waals surface area contributed by atoms with Crippen LogP contribution in [0.1, 0.15) is 28.9 Å². The van der Waals surface area contributed by atoms with Gasteiger partial charge in [0.15, 0.2) is 0 Å². The molecule has 1 aliphatic rings. The predicted octanol–water partition coefficient (Wildman–Crippen LogP) is 4.30. The van der Waals surface area contributed by atoms with Crippen molar-refractivity contribution >= 4 is 33.4 Å². The maximum Gasteiger partial charge on any atom is 0.256 e. The van der Waals surface area contributed by atoms with Crippen molar-refractivity contribution in [3.63, 3.8) is 0 Å². The Morgan fingerprint density at radius 3 is 2.81 bits per heavy atom. The zero-order valence-electron chi connectivity index (χ0n) is 11.3. The van der Waals surface area contributed by atoms with Crippen LogP contribution < -0.4 is 0 Å². The van der Waals surface area contributed by atoms with E-state index >= 15 is 0 Å². The summed E-state index contributed by atoms with van der Waals surface area (Å²) >= 11 is 9.57. The van der Waals surface area contributed by atoms with Gasteiger partial charge in [0.05, 0.1) is 22.8 Å². The van der Waals surface area contributed by atoms with Crippen molar-refractivity contribution in [2.45, 2.75) is 25.4 Å². The van der Waals surface area contributed by atoms with E-state index in [2.05, 4.69) is 20.9 Å². The zero-order chi connectivity index (χ0) is 14.8. The van der Waals surface area contributed by atoms with Gasteiger partial charge in [-0.15, -0.1) is 0 Å². The van der Waals surface area contributed by atoms with Crippen LogP contribution in [-0.2, 0) is 6.54 Å². The second kappa shape index (κ2) is 6.16. The molecule has 1 saturated carbocycles. The summed E-state index contributed by atoms with van der Waals surface area (Å²) in [7, 11) is 0. The van der Waals surface area contributed by atoms with E-state index < -0.39 is 0 Å². The number of carbonyl (C=O) groups excluding carboxylic acids is 1. The average molecular weight is 366 g/mol. The molecule has 0 atom stereocenters. The fraction of sp³-hybridized carbons (Fsp3) is 0.250. The highest BCUT2D eigenvalue weighted by Gasteiger charge is 2.34. The van der Waals surface area contributed by atoms with Crippen LogP contribution in [0.3, 0.4) is 0 Å². The van der Waals surface area contributed by atoms with Crippen molar-refractivity contribution < 1.29 is 4.79 Å². The lowest BCUT2D eigenvalue weighted by molar-refractivity contribution is 0.0728. The number of benzene rings is 1. The summed E-state index contributed by atoms with van der Waals surface area (Å²) in [6.07, 6.45) is 3.84. The lowest BCUT2D eigenvalue weighted by Gasteiger charge is -2.22. The number of nitrogens with zero attached hydrogens (tertiary/aromatic N) is 2. The second-order valence-electron chi connectivity index (χ2n) is 5.11. The third-order valence-electron chi connectivity index (χ3n) is 3.47. The van der Waals surface area contributed by atoms with E-state index in [9.17, 15) is 4.79 Å². The summed E-state index contributed by atoms with van der Waals surface area (Å²) in [6, 6.07) is 11.4. The van der Waals surface area contributed by atoms with E-state index in [4.69, 9.17) is 11.6 Å². The molecule has 0 bridgehead atoms. The molecule has 3 rings (SSSR count). The largest absolute Gasteiger partial charge is 0.330 e. The molecule has 1 aliphatic carbocycles. The second-order valence-corrected chi connectivity index (χ2v) is 6.43. The van der Waals surface area contributed by atoms with Crippen LogP contribution in [0.25, 0.3) is 0 Å². The van der Waals surface area contributed by atoms with Gasteiger partial charge in [-0.25, -0.2) is 0 Å².